The first-order valence-corrected chi connectivity index (χ1v) is 13.0. The van der Waals surface area contributed by atoms with E-state index in [2.05, 4.69) is 29.0 Å². The van der Waals surface area contributed by atoms with Crippen LogP contribution in [0.15, 0.2) is 47.4 Å². The van der Waals surface area contributed by atoms with Crippen LogP contribution in [0.25, 0.3) is 0 Å². The Morgan fingerprint density at radius 2 is 1.62 bits per heavy atom. The van der Waals surface area contributed by atoms with E-state index in [1.54, 1.807) is 12.1 Å². The number of hydrogen-bond donors (Lipinski definition) is 2. The average molecular weight is 483 g/mol. The summed E-state index contributed by atoms with van der Waals surface area (Å²) in [6.07, 6.45) is 0.928. The van der Waals surface area contributed by atoms with Crippen LogP contribution in [-0.4, -0.2) is 24.1 Å². The number of carbonyl (C=O) groups is 1. The monoisotopic (exact) mass is 482 g/mol. The summed E-state index contributed by atoms with van der Waals surface area (Å²) >= 11 is 0. The maximum atomic E-state index is 12.8. The molecule has 0 atom stereocenters. The molecular weight excluding hydrogens is 448 g/mol. The molecule has 0 aliphatic carbocycles. The Morgan fingerprint density at radius 1 is 1.00 bits per heavy atom. The zero-order valence-corrected chi connectivity index (χ0v) is 21.6. The Bertz CT molecular complexity index is 1260. The van der Waals surface area contributed by atoms with E-state index in [0.29, 0.717) is 30.1 Å². The predicted molar refractivity (Wildman–Crippen MR) is 137 cm³/mol. The molecular formula is C26H34N4O3S. The van der Waals surface area contributed by atoms with Gasteiger partial charge in [0.25, 0.3) is 10.0 Å². The summed E-state index contributed by atoms with van der Waals surface area (Å²) in [5.41, 5.74) is 6.01. The van der Waals surface area contributed by atoms with E-state index >= 15 is 0 Å². The molecule has 3 rings (SSSR count). The molecule has 0 fully saturated rings. The molecule has 1 aromatic heterocycles. The van der Waals surface area contributed by atoms with Crippen LogP contribution in [0.2, 0.25) is 0 Å². The smallest absolute Gasteiger partial charge is 0.261 e. The maximum Gasteiger partial charge on any atom is 0.261 e. The lowest BCUT2D eigenvalue weighted by Gasteiger charge is -2.13. The van der Waals surface area contributed by atoms with Gasteiger partial charge < -0.3 is 5.32 Å². The van der Waals surface area contributed by atoms with E-state index in [0.717, 1.165) is 34.6 Å². The Hall–Kier alpha value is -3.13. The minimum absolute atomic E-state index is 0.125. The highest BCUT2D eigenvalue weighted by molar-refractivity contribution is 7.92. The van der Waals surface area contributed by atoms with Gasteiger partial charge in [-0.25, -0.2) is 8.42 Å². The van der Waals surface area contributed by atoms with Crippen molar-refractivity contribution in [1.29, 1.82) is 0 Å². The molecule has 3 aromatic rings. The normalized spacial score (nSPS) is 11.6. The number of aryl methyl sites for hydroxylation is 3. The van der Waals surface area contributed by atoms with Gasteiger partial charge >= 0.3 is 0 Å². The second-order valence-corrected chi connectivity index (χ2v) is 10.9. The van der Waals surface area contributed by atoms with Gasteiger partial charge in [-0.15, -0.1) is 0 Å². The van der Waals surface area contributed by atoms with E-state index in [4.69, 9.17) is 0 Å². The number of rotatable bonds is 9. The van der Waals surface area contributed by atoms with Crippen LogP contribution in [-0.2, 0) is 27.8 Å². The summed E-state index contributed by atoms with van der Waals surface area (Å²) in [5.74, 6) is 0.372. The summed E-state index contributed by atoms with van der Waals surface area (Å²) in [7, 11) is -3.74. The largest absolute Gasteiger partial charge is 0.326 e. The highest BCUT2D eigenvalue weighted by Crippen LogP contribution is 2.24. The minimum Gasteiger partial charge on any atom is -0.326 e. The summed E-state index contributed by atoms with van der Waals surface area (Å²) in [6, 6.07) is 11.8. The van der Waals surface area contributed by atoms with Crippen molar-refractivity contribution in [2.24, 2.45) is 5.92 Å². The number of nitrogens with zero attached hydrogens (tertiary/aromatic N) is 2. The molecule has 0 bridgehead atoms. The molecule has 0 aliphatic heterocycles. The van der Waals surface area contributed by atoms with Gasteiger partial charge in [0.05, 0.1) is 16.3 Å². The SMILES string of the molecule is Cc1cccc(C)c1NS(=O)(=O)c1ccc(NC(=O)CCc2c(C)nn(CC(C)C)c2C)cc1. The number of nitrogens with one attached hydrogen (secondary N) is 2. The van der Waals surface area contributed by atoms with Crippen molar-refractivity contribution in [3.8, 4) is 0 Å². The Morgan fingerprint density at radius 3 is 2.21 bits per heavy atom. The number of para-hydroxylation sites is 1. The van der Waals surface area contributed by atoms with Crippen molar-refractivity contribution in [2.75, 3.05) is 10.0 Å². The van der Waals surface area contributed by atoms with Crippen molar-refractivity contribution in [3.05, 3.63) is 70.5 Å². The Balaban J connectivity index is 1.62. The summed E-state index contributed by atoms with van der Waals surface area (Å²) in [6.45, 7) is 12.9. The molecule has 8 heteroatoms. The van der Waals surface area contributed by atoms with E-state index in [1.165, 1.54) is 12.1 Å². The van der Waals surface area contributed by atoms with Gasteiger partial charge in [0.15, 0.2) is 0 Å². The van der Waals surface area contributed by atoms with Gasteiger partial charge in [0, 0.05) is 24.3 Å². The number of anilines is 2. The number of hydrogen-bond acceptors (Lipinski definition) is 4. The van der Waals surface area contributed by atoms with Gasteiger partial charge in [0.2, 0.25) is 5.91 Å². The quantitative estimate of drug-likeness (QED) is 0.441. The van der Waals surface area contributed by atoms with Gasteiger partial charge in [0.1, 0.15) is 0 Å². The fourth-order valence-electron chi connectivity index (χ4n) is 3.97. The molecule has 1 heterocycles. The molecule has 34 heavy (non-hydrogen) atoms. The third kappa shape index (κ3) is 6.05. The molecule has 182 valence electrons. The Kier molecular flexibility index (Phi) is 7.82. The molecule has 2 aromatic carbocycles. The molecule has 1 amide bonds. The van der Waals surface area contributed by atoms with E-state index in [1.807, 2.05) is 50.6 Å². The fraction of sp³-hybridized carbons (Fsp3) is 0.385. The van der Waals surface area contributed by atoms with Crippen LogP contribution in [0.1, 0.15) is 48.3 Å². The topological polar surface area (TPSA) is 93.1 Å². The fourth-order valence-corrected chi connectivity index (χ4v) is 5.17. The van der Waals surface area contributed by atoms with Crippen LogP contribution in [0.5, 0.6) is 0 Å². The van der Waals surface area contributed by atoms with Crippen LogP contribution < -0.4 is 10.0 Å². The third-order valence-electron chi connectivity index (χ3n) is 5.84. The predicted octanol–water partition coefficient (Wildman–Crippen LogP) is 5.14. The molecule has 0 aliphatic rings. The van der Waals surface area contributed by atoms with Crippen molar-refractivity contribution in [3.63, 3.8) is 0 Å². The standard InChI is InChI=1S/C26H34N4O3S/c1-17(2)16-30-21(6)24(20(5)28-30)14-15-25(31)27-22-10-12-23(13-11-22)34(32,33)29-26-18(3)8-7-9-19(26)4/h7-13,17,29H,14-16H2,1-6H3,(H,27,31). The first-order valence-electron chi connectivity index (χ1n) is 11.5. The number of amides is 1. The summed E-state index contributed by atoms with van der Waals surface area (Å²) in [4.78, 5) is 12.7. The van der Waals surface area contributed by atoms with Crippen LogP contribution in [0, 0.1) is 33.6 Å². The zero-order valence-electron chi connectivity index (χ0n) is 20.8. The number of aromatic nitrogens is 2. The van der Waals surface area contributed by atoms with Gasteiger partial charge in [-0.05, 0) is 81.0 Å². The first kappa shape index (κ1) is 25.5. The van der Waals surface area contributed by atoms with Crippen molar-refractivity contribution in [2.45, 2.75) is 65.8 Å². The van der Waals surface area contributed by atoms with Crippen molar-refractivity contribution >= 4 is 27.3 Å². The third-order valence-corrected chi connectivity index (χ3v) is 7.20. The van der Waals surface area contributed by atoms with Crippen LogP contribution in [0.3, 0.4) is 0 Å². The molecule has 0 radical (unpaired) electrons. The highest BCUT2D eigenvalue weighted by Gasteiger charge is 2.17. The molecule has 0 saturated heterocycles. The number of sulfonamides is 1. The average Bonchev–Trinajstić information content (AvgIpc) is 3.01. The van der Waals surface area contributed by atoms with E-state index in [9.17, 15) is 13.2 Å². The van der Waals surface area contributed by atoms with Gasteiger partial charge in [-0.3, -0.25) is 14.2 Å². The molecule has 7 nitrogen and oxygen atoms in total. The second-order valence-electron chi connectivity index (χ2n) is 9.17. The molecule has 0 saturated carbocycles. The maximum absolute atomic E-state index is 12.8. The molecule has 0 spiro atoms. The number of carbonyl (C=O) groups excluding carboxylic acids is 1. The number of benzene rings is 2. The molecule has 0 unspecified atom stereocenters. The van der Waals surface area contributed by atoms with Crippen molar-refractivity contribution < 1.29 is 13.2 Å². The first-order chi connectivity index (χ1) is 16.0. The summed E-state index contributed by atoms with van der Waals surface area (Å²) < 4.78 is 30.3. The van der Waals surface area contributed by atoms with Crippen LogP contribution in [0.4, 0.5) is 11.4 Å². The lowest BCUT2D eigenvalue weighted by atomic mass is 10.1. The lowest BCUT2D eigenvalue weighted by Crippen LogP contribution is -2.15. The highest BCUT2D eigenvalue weighted by atomic mass is 32.2. The zero-order chi connectivity index (χ0) is 25.0. The second kappa shape index (κ2) is 10.4. The lowest BCUT2D eigenvalue weighted by molar-refractivity contribution is -0.116. The van der Waals surface area contributed by atoms with Gasteiger partial charge in [-0.1, -0.05) is 32.0 Å². The van der Waals surface area contributed by atoms with Crippen molar-refractivity contribution in [1.82, 2.24) is 9.78 Å². The Labute approximate surface area is 202 Å². The summed E-state index contributed by atoms with van der Waals surface area (Å²) in [5, 5.41) is 7.46. The molecule has 2 N–H and O–H groups in total. The van der Waals surface area contributed by atoms with Crippen LogP contribution >= 0.6 is 0 Å². The van der Waals surface area contributed by atoms with E-state index < -0.39 is 10.0 Å². The van der Waals surface area contributed by atoms with Gasteiger partial charge in [-0.2, -0.15) is 5.10 Å². The minimum atomic E-state index is -3.74. The van der Waals surface area contributed by atoms with E-state index in [-0.39, 0.29) is 10.8 Å².